The zero-order valence-electron chi connectivity index (χ0n) is 18.1. The lowest BCUT2D eigenvalue weighted by atomic mass is 10.2. The third kappa shape index (κ3) is 6.47. The number of rotatable bonds is 10. The number of amides is 1. The first kappa shape index (κ1) is 25.7. The first-order valence-electron chi connectivity index (χ1n) is 9.69. The summed E-state index contributed by atoms with van der Waals surface area (Å²) in [5, 5.41) is 52.7. The van der Waals surface area contributed by atoms with E-state index in [-0.39, 0.29) is 27.9 Å². The Morgan fingerprint density at radius 3 is 2.35 bits per heavy atom. The average molecular weight is 482 g/mol. The molecule has 13 nitrogen and oxygen atoms in total. The molecule has 0 spiro atoms. The topological polar surface area (TPSA) is 191 Å². The SMILES string of the molecule is CCN(CCC#N)c1ccc(/N=N/c2cc(SC#N)c([N+](=O)[O-])cc2[N+](=O)[O-])c(NC(C)=O)c1. The van der Waals surface area contributed by atoms with Crippen LogP contribution >= 0.6 is 11.8 Å². The highest BCUT2D eigenvalue weighted by Crippen LogP contribution is 2.40. The van der Waals surface area contributed by atoms with Crippen LogP contribution < -0.4 is 10.2 Å². The lowest BCUT2D eigenvalue weighted by Gasteiger charge is -2.23. The molecule has 2 aromatic rings. The van der Waals surface area contributed by atoms with Crippen molar-refractivity contribution in [1.82, 2.24) is 0 Å². The van der Waals surface area contributed by atoms with Gasteiger partial charge in [0, 0.05) is 25.7 Å². The Balaban J connectivity index is 2.56. The van der Waals surface area contributed by atoms with E-state index in [0.717, 1.165) is 17.8 Å². The van der Waals surface area contributed by atoms with Crippen molar-refractivity contribution in [3.63, 3.8) is 0 Å². The summed E-state index contributed by atoms with van der Waals surface area (Å²) in [4.78, 5) is 34.5. The van der Waals surface area contributed by atoms with Crippen LogP contribution in [0.3, 0.4) is 0 Å². The average Bonchev–Trinajstić information content (AvgIpc) is 2.78. The fraction of sp³-hybridized carbons (Fsp3) is 0.250. The molecular formula is C20H18N8O5S. The highest BCUT2D eigenvalue weighted by molar-refractivity contribution is 8.03. The van der Waals surface area contributed by atoms with Crippen molar-refractivity contribution in [3.05, 3.63) is 50.6 Å². The predicted octanol–water partition coefficient (Wildman–Crippen LogP) is 5.19. The van der Waals surface area contributed by atoms with E-state index < -0.39 is 21.2 Å². The maximum Gasteiger partial charge on any atom is 0.303 e. The normalized spacial score (nSPS) is 10.4. The van der Waals surface area contributed by atoms with Gasteiger partial charge in [-0.1, -0.05) is 0 Å². The van der Waals surface area contributed by atoms with E-state index in [9.17, 15) is 25.0 Å². The van der Waals surface area contributed by atoms with Crippen molar-refractivity contribution in [1.29, 1.82) is 10.5 Å². The summed E-state index contributed by atoms with van der Waals surface area (Å²) in [6.07, 6.45) is 0.303. The molecule has 0 atom stereocenters. The number of benzene rings is 2. The summed E-state index contributed by atoms with van der Waals surface area (Å²) in [6.45, 7) is 4.29. The zero-order chi connectivity index (χ0) is 25.3. The van der Waals surface area contributed by atoms with Crippen molar-refractivity contribution in [2.75, 3.05) is 23.3 Å². The molecule has 0 bridgehead atoms. The van der Waals surface area contributed by atoms with Gasteiger partial charge >= 0.3 is 5.69 Å². The molecule has 34 heavy (non-hydrogen) atoms. The summed E-state index contributed by atoms with van der Waals surface area (Å²) in [5.74, 6) is -0.386. The maximum absolute atomic E-state index is 11.7. The minimum atomic E-state index is -0.839. The number of azo groups is 1. The standard InChI is InChI=1S/C20H18N8O5S/c1-3-26(8-4-7-21)14-5-6-15(16(9-14)23-13(2)29)24-25-17-10-20(34-12-22)19(28(32)33)11-18(17)27(30)31/h5-6,9-11H,3-4,8H2,1-2H3,(H,23,29)/b25-24+. The van der Waals surface area contributed by atoms with Crippen LogP contribution in [0.2, 0.25) is 0 Å². The third-order valence-corrected chi connectivity index (χ3v) is 5.04. The van der Waals surface area contributed by atoms with Crippen LogP contribution in [0.25, 0.3) is 0 Å². The summed E-state index contributed by atoms with van der Waals surface area (Å²) >= 11 is 0.466. The van der Waals surface area contributed by atoms with Crippen LogP contribution in [0.4, 0.5) is 34.1 Å². The van der Waals surface area contributed by atoms with Gasteiger partial charge in [-0.2, -0.15) is 10.5 Å². The molecule has 0 saturated carbocycles. The van der Waals surface area contributed by atoms with Gasteiger partial charge in [-0.3, -0.25) is 25.0 Å². The van der Waals surface area contributed by atoms with Crippen molar-refractivity contribution in [2.24, 2.45) is 10.2 Å². The second-order valence-electron chi connectivity index (χ2n) is 6.59. The number of thiocyanates is 1. The second-order valence-corrected chi connectivity index (χ2v) is 7.41. The summed E-state index contributed by atoms with van der Waals surface area (Å²) in [5.41, 5.74) is -0.385. The zero-order valence-corrected chi connectivity index (χ0v) is 18.9. The number of nitrogens with zero attached hydrogens (tertiary/aromatic N) is 7. The smallest absolute Gasteiger partial charge is 0.303 e. The lowest BCUT2D eigenvalue weighted by molar-refractivity contribution is -0.395. The number of carbonyl (C=O) groups is 1. The van der Waals surface area contributed by atoms with E-state index in [2.05, 4.69) is 21.6 Å². The van der Waals surface area contributed by atoms with Gasteiger partial charge < -0.3 is 10.2 Å². The molecule has 0 saturated heterocycles. The summed E-state index contributed by atoms with van der Waals surface area (Å²) in [7, 11) is 0. The van der Waals surface area contributed by atoms with Crippen molar-refractivity contribution in [2.45, 2.75) is 25.2 Å². The van der Waals surface area contributed by atoms with Gasteiger partial charge in [0.2, 0.25) is 5.91 Å². The molecule has 1 amide bonds. The van der Waals surface area contributed by atoms with Crippen molar-refractivity contribution in [3.8, 4) is 11.5 Å². The molecular weight excluding hydrogens is 464 g/mol. The van der Waals surface area contributed by atoms with E-state index in [0.29, 0.717) is 31.3 Å². The summed E-state index contributed by atoms with van der Waals surface area (Å²) < 4.78 is 0. The van der Waals surface area contributed by atoms with E-state index >= 15 is 0 Å². The molecule has 0 heterocycles. The number of hydrogen-bond acceptors (Lipinski definition) is 11. The minimum Gasteiger partial charge on any atom is -0.371 e. The maximum atomic E-state index is 11.7. The van der Waals surface area contributed by atoms with Crippen LogP contribution in [0, 0.1) is 42.2 Å². The molecule has 1 N–H and O–H groups in total. The first-order chi connectivity index (χ1) is 16.2. The van der Waals surface area contributed by atoms with Gasteiger partial charge in [-0.05, 0) is 43.0 Å². The number of nitriles is 2. The molecule has 0 aliphatic heterocycles. The number of thioether (sulfide) groups is 1. The van der Waals surface area contributed by atoms with Crippen molar-refractivity contribution >= 4 is 51.8 Å². The number of anilines is 2. The molecule has 174 valence electrons. The number of nitro groups is 2. The first-order valence-corrected chi connectivity index (χ1v) is 10.5. The lowest BCUT2D eigenvalue weighted by Crippen LogP contribution is -2.23. The number of carbonyl (C=O) groups excluding carboxylic acids is 1. The molecule has 0 fully saturated rings. The molecule has 2 rings (SSSR count). The monoisotopic (exact) mass is 482 g/mol. The number of nitro benzene ring substituents is 2. The van der Waals surface area contributed by atoms with Gasteiger partial charge in [0.05, 0.1) is 34.1 Å². The van der Waals surface area contributed by atoms with Gasteiger partial charge in [-0.25, -0.2) is 0 Å². The molecule has 0 aliphatic rings. The fourth-order valence-corrected chi connectivity index (χ4v) is 3.41. The van der Waals surface area contributed by atoms with Crippen LogP contribution in [0.1, 0.15) is 20.3 Å². The van der Waals surface area contributed by atoms with Gasteiger partial charge in [-0.15, -0.1) is 10.2 Å². The second kappa shape index (κ2) is 11.9. The van der Waals surface area contributed by atoms with E-state index in [1.165, 1.54) is 6.92 Å². The van der Waals surface area contributed by atoms with Crippen LogP contribution in [-0.2, 0) is 4.79 Å². The highest BCUT2D eigenvalue weighted by Gasteiger charge is 2.25. The van der Waals surface area contributed by atoms with Crippen molar-refractivity contribution < 1.29 is 14.6 Å². The predicted molar refractivity (Wildman–Crippen MR) is 124 cm³/mol. The van der Waals surface area contributed by atoms with E-state index in [4.69, 9.17) is 10.5 Å². The van der Waals surface area contributed by atoms with Crippen LogP contribution in [0.5, 0.6) is 0 Å². The highest BCUT2D eigenvalue weighted by atomic mass is 32.2. The molecule has 0 aromatic heterocycles. The molecule has 0 radical (unpaired) electrons. The Kier molecular flexibility index (Phi) is 8.99. The molecule has 2 aromatic carbocycles. The van der Waals surface area contributed by atoms with E-state index in [1.807, 2.05) is 11.8 Å². The Labute approximate surface area is 198 Å². The Morgan fingerprint density at radius 2 is 1.79 bits per heavy atom. The van der Waals surface area contributed by atoms with Gasteiger partial charge in [0.25, 0.3) is 5.69 Å². The number of hydrogen-bond donors (Lipinski definition) is 1. The molecule has 0 aliphatic carbocycles. The largest absolute Gasteiger partial charge is 0.371 e. The van der Waals surface area contributed by atoms with Crippen LogP contribution in [0.15, 0.2) is 45.5 Å². The Hall–Kier alpha value is -4.56. The minimum absolute atomic E-state index is 0.124. The van der Waals surface area contributed by atoms with Gasteiger partial charge in [0.1, 0.15) is 16.0 Å². The van der Waals surface area contributed by atoms with Gasteiger partial charge in [0.15, 0.2) is 5.69 Å². The van der Waals surface area contributed by atoms with E-state index in [1.54, 1.807) is 23.6 Å². The fourth-order valence-electron chi connectivity index (χ4n) is 2.91. The van der Waals surface area contributed by atoms with Crippen LogP contribution in [-0.4, -0.2) is 28.8 Å². The Bertz CT molecular complexity index is 1230. The summed E-state index contributed by atoms with van der Waals surface area (Å²) in [6, 6.07) is 8.71. The molecule has 14 heteroatoms. The molecule has 0 unspecified atom stereocenters. The quantitative estimate of drug-likeness (QED) is 0.156. The third-order valence-electron chi connectivity index (χ3n) is 4.40. The Morgan fingerprint density at radius 1 is 1.12 bits per heavy atom. The number of nitrogens with one attached hydrogen (secondary N) is 1.